The number of rotatable bonds is 6. The Balaban J connectivity index is 1.29. The Labute approximate surface area is 240 Å². The van der Waals surface area contributed by atoms with Gasteiger partial charge in [-0.3, -0.25) is 9.59 Å². The molecule has 2 heterocycles. The first kappa shape index (κ1) is 28.4. The van der Waals surface area contributed by atoms with Crippen LogP contribution in [-0.2, 0) is 26.3 Å². The third-order valence-corrected chi connectivity index (χ3v) is 9.39. The fraction of sp³-hybridized carbons (Fsp3) is 0.516. The molecule has 0 aromatic heterocycles. The lowest BCUT2D eigenvalue weighted by Gasteiger charge is -2.36. The maximum absolute atomic E-state index is 13.8. The summed E-state index contributed by atoms with van der Waals surface area (Å²) in [6.07, 6.45) is 2.68. The molecule has 0 radical (unpaired) electrons. The van der Waals surface area contributed by atoms with E-state index in [9.17, 15) is 18.8 Å². The van der Waals surface area contributed by atoms with E-state index in [1.807, 2.05) is 41.0 Å². The molecule has 9 heteroatoms. The predicted molar refractivity (Wildman–Crippen MR) is 150 cm³/mol. The number of carbonyl (C=O) groups excluding carboxylic acids is 3. The summed E-state index contributed by atoms with van der Waals surface area (Å²) in [5.74, 6) is -0.215. The van der Waals surface area contributed by atoms with E-state index in [-0.39, 0.29) is 41.6 Å². The molecule has 5 rings (SSSR count). The van der Waals surface area contributed by atoms with Gasteiger partial charge in [0, 0.05) is 55.0 Å². The number of ether oxygens (including phenoxy) is 1. The van der Waals surface area contributed by atoms with Crippen molar-refractivity contribution in [3.63, 3.8) is 0 Å². The molecular formula is C31H37ClFN3O4. The summed E-state index contributed by atoms with van der Waals surface area (Å²) in [7, 11) is 1.70. The van der Waals surface area contributed by atoms with E-state index < -0.39 is 11.5 Å². The summed E-state index contributed by atoms with van der Waals surface area (Å²) < 4.78 is 18.8. The fourth-order valence-corrected chi connectivity index (χ4v) is 6.26. The molecule has 0 spiro atoms. The Morgan fingerprint density at radius 1 is 1.00 bits per heavy atom. The largest absolute Gasteiger partial charge is 0.445 e. The zero-order valence-electron chi connectivity index (χ0n) is 23.4. The van der Waals surface area contributed by atoms with Crippen LogP contribution in [0.5, 0.6) is 0 Å². The van der Waals surface area contributed by atoms with E-state index in [1.165, 1.54) is 12.1 Å². The third kappa shape index (κ3) is 5.69. The Morgan fingerprint density at radius 3 is 2.23 bits per heavy atom. The highest BCUT2D eigenvalue weighted by Crippen LogP contribution is 2.47. The lowest BCUT2D eigenvalue weighted by Crippen LogP contribution is -2.49. The molecule has 40 heavy (non-hydrogen) atoms. The molecule has 0 N–H and O–H groups in total. The Morgan fingerprint density at radius 2 is 1.62 bits per heavy atom. The smallest absolute Gasteiger partial charge is 0.410 e. The van der Waals surface area contributed by atoms with Gasteiger partial charge in [-0.2, -0.15) is 0 Å². The van der Waals surface area contributed by atoms with Gasteiger partial charge in [0.05, 0.1) is 6.04 Å². The van der Waals surface area contributed by atoms with Crippen LogP contribution in [0.1, 0.15) is 50.7 Å². The van der Waals surface area contributed by atoms with Crippen molar-refractivity contribution in [3.8, 4) is 0 Å². The summed E-state index contributed by atoms with van der Waals surface area (Å²) in [6.45, 7) is 6.14. The van der Waals surface area contributed by atoms with Crippen LogP contribution in [0.2, 0.25) is 5.02 Å². The van der Waals surface area contributed by atoms with Gasteiger partial charge in [-0.15, -0.1) is 0 Å². The fourth-order valence-electron chi connectivity index (χ4n) is 6.13. The van der Waals surface area contributed by atoms with Gasteiger partial charge in [-0.25, -0.2) is 9.18 Å². The number of carbonyl (C=O) groups is 3. The van der Waals surface area contributed by atoms with Gasteiger partial charge >= 0.3 is 6.09 Å². The van der Waals surface area contributed by atoms with Crippen LogP contribution in [0, 0.1) is 17.2 Å². The number of hydrogen-bond donors (Lipinski definition) is 0. The van der Waals surface area contributed by atoms with Crippen molar-refractivity contribution in [2.75, 3.05) is 33.2 Å². The zero-order valence-corrected chi connectivity index (χ0v) is 24.1. The third-order valence-electron chi connectivity index (χ3n) is 9.14. The average molecular weight is 570 g/mol. The summed E-state index contributed by atoms with van der Waals surface area (Å²) in [5, 5.41) is 0.614. The number of likely N-dealkylation sites (N-methyl/N-ethyl adjacent to an activating group) is 1. The SMILES string of the molecule is CN(C(=O)OCc1ccc(F)cc1)[C@@H]1CN(C(=O)C2CCN(C(=O)C3(C)CC3)CC2)C[C@@]1(C)c1ccc(Cl)cc1. The molecule has 1 saturated carbocycles. The van der Waals surface area contributed by atoms with Crippen molar-refractivity contribution in [3.05, 3.63) is 70.5 Å². The topological polar surface area (TPSA) is 70.2 Å². The van der Waals surface area contributed by atoms with Crippen LogP contribution in [0.3, 0.4) is 0 Å². The summed E-state index contributed by atoms with van der Waals surface area (Å²) in [6, 6.07) is 13.0. The molecule has 3 aliphatic rings. The van der Waals surface area contributed by atoms with E-state index in [0.29, 0.717) is 49.6 Å². The molecule has 2 saturated heterocycles. The first-order valence-corrected chi connectivity index (χ1v) is 14.4. The van der Waals surface area contributed by atoms with E-state index in [0.717, 1.165) is 18.4 Å². The normalized spacial score (nSPS) is 24.1. The number of benzene rings is 2. The van der Waals surface area contributed by atoms with Crippen molar-refractivity contribution < 1.29 is 23.5 Å². The molecule has 1 aliphatic carbocycles. The lowest BCUT2D eigenvalue weighted by molar-refractivity contribution is -0.142. The van der Waals surface area contributed by atoms with Gasteiger partial charge in [0.2, 0.25) is 11.8 Å². The molecule has 7 nitrogen and oxygen atoms in total. The van der Waals surface area contributed by atoms with Crippen molar-refractivity contribution >= 4 is 29.5 Å². The number of halogens is 2. The first-order chi connectivity index (χ1) is 19.0. The molecule has 0 unspecified atom stereocenters. The lowest BCUT2D eigenvalue weighted by atomic mass is 9.77. The Bertz CT molecular complexity index is 1260. The molecule has 3 amide bonds. The van der Waals surface area contributed by atoms with Gasteiger partial charge in [0.15, 0.2) is 0 Å². The van der Waals surface area contributed by atoms with Crippen LogP contribution >= 0.6 is 11.6 Å². The first-order valence-electron chi connectivity index (χ1n) is 14.0. The van der Waals surface area contributed by atoms with Gasteiger partial charge in [0.1, 0.15) is 12.4 Å². The minimum Gasteiger partial charge on any atom is -0.445 e. The molecule has 0 bridgehead atoms. The van der Waals surface area contributed by atoms with E-state index >= 15 is 0 Å². The van der Waals surface area contributed by atoms with Gasteiger partial charge < -0.3 is 19.4 Å². The minimum atomic E-state index is -0.554. The highest BCUT2D eigenvalue weighted by Gasteiger charge is 2.51. The van der Waals surface area contributed by atoms with Crippen molar-refractivity contribution in [1.82, 2.24) is 14.7 Å². The molecular weight excluding hydrogens is 533 g/mol. The number of amides is 3. The van der Waals surface area contributed by atoms with Crippen LogP contribution < -0.4 is 0 Å². The second-order valence-electron chi connectivity index (χ2n) is 12.1. The number of likely N-dealkylation sites (tertiary alicyclic amines) is 2. The molecule has 3 fully saturated rings. The minimum absolute atomic E-state index is 0.0207. The Kier molecular flexibility index (Phi) is 7.83. The number of piperidine rings is 1. The maximum atomic E-state index is 13.8. The van der Waals surface area contributed by atoms with Crippen molar-refractivity contribution in [1.29, 1.82) is 0 Å². The van der Waals surface area contributed by atoms with Crippen LogP contribution in [-0.4, -0.2) is 71.9 Å². The second kappa shape index (κ2) is 11.0. The van der Waals surface area contributed by atoms with Crippen molar-refractivity contribution in [2.24, 2.45) is 11.3 Å². The zero-order chi connectivity index (χ0) is 28.7. The monoisotopic (exact) mass is 569 g/mol. The van der Waals surface area contributed by atoms with E-state index in [2.05, 4.69) is 6.92 Å². The molecule has 2 atom stereocenters. The Hall–Kier alpha value is -3.13. The van der Waals surface area contributed by atoms with E-state index in [1.54, 1.807) is 24.1 Å². The summed E-state index contributed by atoms with van der Waals surface area (Å²) in [4.78, 5) is 45.1. The molecule has 2 aliphatic heterocycles. The second-order valence-corrected chi connectivity index (χ2v) is 12.5. The highest BCUT2D eigenvalue weighted by molar-refractivity contribution is 6.30. The van der Waals surface area contributed by atoms with Gasteiger partial charge in [0.25, 0.3) is 0 Å². The number of hydrogen-bond acceptors (Lipinski definition) is 4. The predicted octanol–water partition coefficient (Wildman–Crippen LogP) is 5.25. The van der Waals surface area contributed by atoms with Crippen LogP contribution in [0.4, 0.5) is 9.18 Å². The quantitative estimate of drug-likeness (QED) is 0.476. The summed E-state index contributed by atoms with van der Waals surface area (Å²) in [5.41, 5.74) is 0.914. The molecule has 2 aromatic carbocycles. The average Bonchev–Trinajstić information content (AvgIpc) is 3.61. The summed E-state index contributed by atoms with van der Waals surface area (Å²) >= 11 is 6.17. The standard InChI is InChI=1S/C31H37ClFN3O4/c1-30(14-15-30)28(38)35-16-12-22(13-17-35)27(37)36-18-26(31(2,20-36)23-6-8-24(32)9-7-23)34(3)29(39)40-19-21-4-10-25(33)11-5-21/h4-11,22,26H,12-20H2,1-3H3/t26-,31+/m1/s1. The molecule has 2 aromatic rings. The van der Waals surface area contributed by atoms with Gasteiger partial charge in [-0.05, 0) is 61.1 Å². The van der Waals surface area contributed by atoms with Crippen LogP contribution in [0.15, 0.2) is 48.5 Å². The van der Waals surface area contributed by atoms with Crippen LogP contribution in [0.25, 0.3) is 0 Å². The maximum Gasteiger partial charge on any atom is 0.410 e. The van der Waals surface area contributed by atoms with Crippen molar-refractivity contribution in [2.45, 2.75) is 57.6 Å². The van der Waals surface area contributed by atoms with E-state index in [4.69, 9.17) is 16.3 Å². The highest BCUT2D eigenvalue weighted by atomic mass is 35.5. The number of nitrogens with zero attached hydrogens (tertiary/aromatic N) is 3. The molecule has 214 valence electrons. The van der Waals surface area contributed by atoms with Gasteiger partial charge in [-0.1, -0.05) is 49.7 Å².